The number of hydrogen-bond acceptors (Lipinski definition) is 4. The highest BCUT2D eigenvalue weighted by molar-refractivity contribution is 6.62. The maximum atomic E-state index is 6.14. The first-order valence-corrected chi connectivity index (χ1v) is 8.51. The van der Waals surface area contributed by atoms with Crippen LogP contribution < -0.4 is 5.46 Å². The first-order chi connectivity index (χ1) is 11.2. The summed E-state index contributed by atoms with van der Waals surface area (Å²) in [6.45, 7) is 15.3. The number of aryl methyl sites for hydroxylation is 2. The summed E-state index contributed by atoms with van der Waals surface area (Å²) in [5, 5.41) is 4.60. The van der Waals surface area contributed by atoms with E-state index in [1.807, 2.05) is 24.0 Å². The van der Waals surface area contributed by atoms with Crippen LogP contribution in [0.3, 0.4) is 0 Å². The van der Waals surface area contributed by atoms with E-state index in [0.717, 1.165) is 34.5 Å². The van der Waals surface area contributed by atoms with Crippen LogP contribution >= 0.6 is 0 Å². The quantitative estimate of drug-likeness (QED) is 0.814. The van der Waals surface area contributed by atoms with Crippen LogP contribution in [-0.2, 0) is 15.9 Å². The molecule has 0 atom stereocenters. The van der Waals surface area contributed by atoms with Gasteiger partial charge in [-0.3, -0.25) is 9.67 Å². The van der Waals surface area contributed by atoms with Gasteiger partial charge in [0.2, 0.25) is 0 Å². The van der Waals surface area contributed by atoms with Crippen molar-refractivity contribution in [2.75, 3.05) is 0 Å². The van der Waals surface area contributed by atoms with Gasteiger partial charge >= 0.3 is 7.12 Å². The fourth-order valence-corrected chi connectivity index (χ4v) is 3.13. The molecule has 1 aliphatic heterocycles. The van der Waals surface area contributed by atoms with Gasteiger partial charge in [-0.15, -0.1) is 0 Å². The Hall–Kier alpha value is -1.66. The van der Waals surface area contributed by atoms with Gasteiger partial charge in [-0.25, -0.2) is 0 Å². The van der Waals surface area contributed by atoms with Crippen molar-refractivity contribution in [1.82, 2.24) is 14.8 Å². The van der Waals surface area contributed by atoms with E-state index in [1.54, 1.807) is 0 Å². The second-order valence-electron chi connectivity index (χ2n) is 7.46. The molecule has 24 heavy (non-hydrogen) atoms. The molecule has 128 valence electrons. The molecule has 0 N–H and O–H groups in total. The third-order valence-electron chi connectivity index (χ3n) is 5.25. The molecule has 6 heteroatoms. The molecule has 0 saturated carbocycles. The minimum absolute atomic E-state index is 0.355. The van der Waals surface area contributed by atoms with E-state index >= 15 is 0 Å². The highest BCUT2D eigenvalue weighted by Gasteiger charge is 2.51. The van der Waals surface area contributed by atoms with E-state index in [0.29, 0.717) is 0 Å². The predicted molar refractivity (Wildman–Crippen MR) is 96.3 cm³/mol. The zero-order valence-electron chi connectivity index (χ0n) is 15.7. The smallest absolute Gasteiger partial charge is 0.399 e. The summed E-state index contributed by atoms with van der Waals surface area (Å²) in [6, 6.07) is 2.10. The Balaban J connectivity index is 1.99. The van der Waals surface area contributed by atoms with Gasteiger partial charge in [0.05, 0.1) is 16.9 Å². The van der Waals surface area contributed by atoms with Gasteiger partial charge in [-0.1, -0.05) is 6.07 Å². The van der Waals surface area contributed by atoms with Crippen LogP contribution in [0.5, 0.6) is 0 Å². The lowest BCUT2D eigenvalue weighted by molar-refractivity contribution is 0.00578. The molecule has 0 unspecified atom stereocenters. The number of pyridine rings is 1. The molecule has 3 rings (SSSR count). The lowest BCUT2D eigenvalue weighted by atomic mass is 9.79. The van der Waals surface area contributed by atoms with E-state index in [1.165, 1.54) is 0 Å². The zero-order valence-corrected chi connectivity index (χ0v) is 15.7. The molecule has 0 radical (unpaired) electrons. The average molecular weight is 327 g/mol. The van der Waals surface area contributed by atoms with E-state index in [-0.39, 0.29) is 11.2 Å². The summed E-state index contributed by atoms with van der Waals surface area (Å²) in [6.07, 6.45) is 3.70. The molecule has 2 aromatic rings. The Bertz CT molecular complexity index is 752. The van der Waals surface area contributed by atoms with Crippen LogP contribution in [-0.4, -0.2) is 33.1 Å². The molecule has 1 saturated heterocycles. The Morgan fingerprint density at radius 1 is 1.08 bits per heavy atom. The molecule has 0 spiro atoms. The van der Waals surface area contributed by atoms with Crippen LogP contribution in [0.1, 0.15) is 46.0 Å². The van der Waals surface area contributed by atoms with Crippen molar-refractivity contribution in [2.45, 2.75) is 66.2 Å². The van der Waals surface area contributed by atoms with Gasteiger partial charge in [0, 0.05) is 41.2 Å². The minimum atomic E-state index is -0.399. The van der Waals surface area contributed by atoms with Gasteiger partial charge in [0.15, 0.2) is 0 Å². The maximum absolute atomic E-state index is 6.14. The van der Waals surface area contributed by atoms with Gasteiger partial charge in [0.1, 0.15) is 0 Å². The molecule has 0 amide bonds. The topological polar surface area (TPSA) is 49.2 Å². The van der Waals surface area contributed by atoms with Gasteiger partial charge in [0.25, 0.3) is 0 Å². The standard InChI is InChI=1S/C18H26BN3O2/c1-8-22-13(3)16(12(2)21-22)14-9-15(11-20-10-14)19-23-17(4,5)18(6,7)24-19/h9-11H,8H2,1-7H3. The minimum Gasteiger partial charge on any atom is -0.399 e. The van der Waals surface area contributed by atoms with Crippen molar-refractivity contribution in [3.63, 3.8) is 0 Å². The first-order valence-electron chi connectivity index (χ1n) is 8.51. The summed E-state index contributed by atoms with van der Waals surface area (Å²) < 4.78 is 14.3. The Morgan fingerprint density at radius 2 is 1.71 bits per heavy atom. The van der Waals surface area contributed by atoms with Crippen molar-refractivity contribution >= 4 is 12.6 Å². The molecule has 1 fully saturated rings. The van der Waals surface area contributed by atoms with Gasteiger partial charge < -0.3 is 9.31 Å². The third-order valence-corrected chi connectivity index (χ3v) is 5.25. The molecule has 0 bridgehead atoms. The Kier molecular flexibility index (Phi) is 4.08. The largest absolute Gasteiger partial charge is 0.496 e. The van der Waals surface area contributed by atoms with Crippen molar-refractivity contribution in [3.05, 3.63) is 29.8 Å². The van der Waals surface area contributed by atoms with E-state index in [2.05, 4.69) is 57.7 Å². The highest BCUT2D eigenvalue weighted by Crippen LogP contribution is 2.36. The molecule has 3 heterocycles. The summed E-state index contributed by atoms with van der Waals surface area (Å²) in [5.41, 5.74) is 4.60. The van der Waals surface area contributed by atoms with Crippen LogP contribution in [0, 0.1) is 13.8 Å². The number of aromatic nitrogens is 3. The first kappa shape index (κ1) is 17.2. The third kappa shape index (κ3) is 2.68. The van der Waals surface area contributed by atoms with Crippen molar-refractivity contribution < 1.29 is 9.31 Å². The summed E-state index contributed by atoms with van der Waals surface area (Å²) in [7, 11) is -0.399. The van der Waals surface area contributed by atoms with Crippen LogP contribution in [0.4, 0.5) is 0 Å². The molecular formula is C18H26BN3O2. The van der Waals surface area contributed by atoms with Crippen molar-refractivity contribution in [3.8, 4) is 11.1 Å². The number of rotatable bonds is 3. The van der Waals surface area contributed by atoms with E-state index < -0.39 is 7.12 Å². The highest BCUT2D eigenvalue weighted by atomic mass is 16.7. The average Bonchev–Trinajstić information content (AvgIpc) is 2.91. The molecule has 2 aromatic heterocycles. The maximum Gasteiger partial charge on any atom is 0.496 e. The summed E-state index contributed by atoms with van der Waals surface area (Å²) in [5.74, 6) is 0. The summed E-state index contributed by atoms with van der Waals surface area (Å²) in [4.78, 5) is 4.42. The van der Waals surface area contributed by atoms with Crippen LogP contribution in [0.15, 0.2) is 18.5 Å². The van der Waals surface area contributed by atoms with Crippen LogP contribution in [0.25, 0.3) is 11.1 Å². The zero-order chi connectivity index (χ0) is 17.7. The van der Waals surface area contributed by atoms with Gasteiger partial charge in [-0.05, 0) is 48.5 Å². The lowest BCUT2D eigenvalue weighted by Gasteiger charge is -2.32. The monoisotopic (exact) mass is 327 g/mol. The molecule has 1 aliphatic rings. The van der Waals surface area contributed by atoms with Gasteiger partial charge in [-0.2, -0.15) is 5.10 Å². The van der Waals surface area contributed by atoms with E-state index in [9.17, 15) is 0 Å². The second kappa shape index (κ2) is 5.71. The Morgan fingerprint density at radius 3 is 2.25 bits per heavy atom. The number of hydrogen-bond donors (Lipinski definition) is 0. The molecular weight excluding hydrogens is 301 g/mol. The fourth-order valence-electron chi connectivity index (χ4n) is 3.13. The molecule has 0 aromatic carbocycles. The normalized spacial score (nSPS) is 19.0. The fraction of sp³-hybridized carbons (Fsp3) is 0.556. The second-order valence-corrected chi connectivity index (χ2v) is 7.46. The predicted octanol–water partition coefficient (Wildman–Crippen LogP) is 2.88. The Labute approximate surface area is 144 Å². The van der Waals surface area contributed by atoms with E-state index in [4.69, 9.17) is 9.31 Å². The SMILES string of the molecule is CCn1nc(C)c(-c2cncc(B3OC(C)(C)C(C)(C)O3)c2)c1C. The molecule has 0 aliphatic carbocycles. The number of nitrogens with zero attached hydrogens (tertiary/aromatic N) is 3. The van der Waals surface area contributed by atoms with Crippen LogP contribution in [0.2, 0.25) is 0 Å². The molecule has 5 nitrogen and oxygen atoms in total. The van der Waals surface area contributed by atoms with Crippen molar-refractivity contribution in [1.29, 1.82) is 0 Å². The summed E-state index contributed by atoms with van der Waals surface area (Å²) >= 11 is 0. The van der Waals surface area contributed by atoms with Crippen molar-refractivity contribution in [2.24, 2.45) is 0 Å². The lowest BCUT2D eigenvalue weighted by Crippen LogP contribution is -2.41.